The number of carbonyl (C=O) groups excluding carboxylic acids is 2. The van der Waals surface area contributed by atoms with Crippen molar-refractivity contribution in [3.63, 3.8) is 0 Å². The summed E-state index contributed by atoms with van der Waals surface area (Å²) in [6.07, 6.45) is 0.736. The monoisotopic (exact) mass is 296 g/mol. The number of carbonyl (C=O) groups is 2. The van der Waals surface area contributed by atoms with Crippen molar-refractivity contribution < 1.29 is 18.4 Å². The van der Waals surface area contributed by atoms with E-state index in [1.807, 2.05) is 13.8 Å². The van der Waals surface area contributed by atoms with Crippen molar-refractivity contribution in [2.75, 3.05) is 6.54 Å². The van der Waals surface area contributed by atoms with Crippen molar-refractivity contribution in [1.29, 1.82) is 0 Å². The lowest BCUT2D eigenvalue weighted by molar-refractivity contribution is -0.148. The number of hydrogen-bond donors (Lipinski definition) is 1. The van der Waals surface area contributed by atoms with Crippen LogP contribution in [0, 0.1) is 17.6 Å². The minimum atomic E-state index is -0.957. The van der Waals surface area contributed by atoms with Crippen LogP contribution in [0.3, 0.4) is 0 Å². The molecule has 0 aromatic heterocycles. The fraction of sp³-hybridized carbons (Fsp3) is 0.467. The Bertz CT molecular complexity index is 563. The van der Waals surface area contributed by atoms with Gasteiger partial charge in [0.1, 0.15) is 6.04 Å². The average molecular weight is 296 g/mol. The van der Waals surface area contributed by atoms with Crippen molar-refractivity contribution in [3.05, 3.63) is 35.4 Å². The van der Waals surface area contributed by atoms with Gasteiger partial charge in [-0.3, -0.25) is 9.59 Å². The molecule has 1 heterocycles. The van der Waals surface area contributed by atoms with Gasteiger partial charge in [-0.05, 0) is 23.6 Å². The molecule has 0 spiro atoms. The fourth-order valence-electron chi connectivity index (χ4n) is 2.48. The predicted molar refractivity (Wildman–Crippen MR) is 73.2 cm³/mol. The Hall–Kier alpha value is -1.98. The van der Waals surface area contributed by atoms with Gasteiger partial charge in [0.05, 0.1) is 6.54 Å². The molecule has 1 aliphatic heterocycles. The smallest absolute Gasteiger partial charge is 0.243 e. The Balaban J connectivity index is 2.26. The van der Waals surface area contributed by atoms with Gasteiger partial charge in [0, 0.05) is 6.54 Å². The largest absolute Gasteiger partial charge is 0.345 e. The first-order valence-corrected chi connectivity index (χ1v) is 6.95. The van der Waals surface area contributed by atoms with Crippen molar-refractivity contribution >= 4 is 11.8 Å². The zero-order valence-corrected chi connectivity index (χ0v) is 12.0. The van der Waals surface area contributed by atoms with Crippen molar-refractivity contribution in [2.24, 2.45) is 5.92 Å². The van der Waals surface area contributed by atoms with E-state index in [1.165, 1.54) is 11.0 Å². The molecular formula is C15H18F2N2O2. The Morgan fingerprint density at radius 1 is 1.33 bits per heavy atom. The number of nitrogens with one attached hydrogen (secondary N) is 1. The first-order valence-electron chi connectivity index (χ1n) is 6.95. The second kappa shape index (κ2) is 6.20. The predicted octanol–water partition coefficient (Wildman–Crippen LogP) is 1.84. The Labute approximate surface area is 122 Å². The summed E-state index contributed by atoms with van der Waals surface area (Å²) in [5.41, 5.74) is 0.463. The summed E-state index contributed by atoms with van der Waals surface area (Å²) in [7, 11) is 0. The molecule has 1 saturated heterocycles. The maximum Gasteiger partial charge on any atom is 0.243 e. The van der Waals surface area contributed by atoms with E-state index in [1.54, 1.807) is 0 Å². The van der Waals surface area contributed by atoms with Crippen molar-refractivity contribution in [3.8, 4) is 0 Å². The van der Waals surface area contributed by atoms with Crippen LogP contribution in [-0.4, -0.2) is 29.3 Å². The zero-order chi connectivity index (χ0) is 15.6. The number of nitrogens with zero attached hydrogens (tertiary/aromatic N) is 1. The summed E-state index contributed by atoms with van der Waals surface area (Å²) in [5.74, 6) is -2.32. The summed E-state index contributed by atoms with van der Waals surface area (Å²) >= 11 is 0. The Kier molecular flexibility index (Phi) is 4.55. The Morgan fingerprint density at radius 3 is 2.67 bits per heavy atom. The van der Waals surface area contributed by atoms with Crippen LogP contribution in [0.25, 0.3) is 0 Å². The molecule has 1 N–H and O–H groups in total. The van der Waals surface area contributed by atoms with Gasteiger partial charge in [-0.25, -0.2) is 8.78 Å². The topological polar surface area (TPSA) is 49.4 Å². The number of benzene rings is 1. The molecule has 2 atom stereocenters. The molecule has 0 radical (unpaired) electrons. The van der Waals surface area contributed by atoms with Crippen LogP contribution in [0.4, 0.5) is 8.78 Å². The van der Waals surface area contributed by atoms with E-state index in [2.05, 4.69) is 5.32 Å². The molecule has 1 aromatic carbocycles. The highest BCUT2D eigenvalue weighted by Gasteiger charge is 2.37. The van der Waals surface area contributed by atoms with Crippen LogP contribution >= 0.6 is 0 Å². The lowest BCUT2D eigenvalue weighted by atomic mass is 9.94. The van der Waals surface area contributed by atoms with Crippen LogP contribution in [-0.2, 0) is 16.1 Å². The third-order valence-corrected chi connectivity index (χ3v) is 3.86. The molecule has 0 saturated carbocycles. The zero-order valence-electron chi connectivity index (χ0n) is 12.0. The molecule has 1 fully saturated rings. The second-order valence-electron chi connectivity index (χ2n) is 5.32. The molecule has 2 unspecified atom stereocenters. The summed E-state index contributed by atoms with van der Waals surface area (Å²) < 4.78 is 26.2. The third-order valence-electron chi connectivity index (χ3n) is 3.86. The minimum Gasteiger partial charge on any atom is -0.345 e. The fourth-order valence-corrected chi connectivity index (χ4v) is 2.48. The molecule has 114 valence electrons. The van der Waals surface area contributed by atoms with E-state index >= 15 is 0 Å². The number of halogens is 2. The number of amides is 2. The molecular weight excluding hydrogens is 278 g/mol. The maximum atomic E-state index is 13.3. The summed E-state index contributed by atoms with van der Waals surface area (Å²) in [6.45, 7) is 3.86. The minimum absolute atomic E-state index is 0.0143. The molecule has 6 heteroatoms. The third kappa shape index (κ3) is 3.20. The molecule has 0 bridgehead atoms. The molecule has 4 nitrogen and oxygen atoms in total. The first-order chi connectivity index (χ1) is 9.93. The van der Waals surface area contributed by atoms with Crippen LogP contribution in [0.1, 0.15) is 25.8 Å². The van der Waals surface area contributed by atoms with E-state index in [0.29, 0.717) is 5.56 Å². The van der Waals surface area contributed by atoms with Gasteiger partial charge < -0.3 is 10.2 Å². The van der Waals surface area contributed by atoms with Gasteiger partial charge in [0.15, 0.2) is 11.6 Å². The van der Waals surface area contributed by atoms with E-state index in [0.717, 1.165) is 18.6 Å². The van der Waals surface area contributed by atoms with Crippen LogP contribution < -0.4 is 5.32 Å². The van der Waals surface area contributed by atoms with E-state index in [-0.39, 0.29) is 30.8 Å². The van der Waals surface area contributed by atoms with Crippen molar-refractivity contribution in [2.45, 2.75) is 32.9 Å². The highest BCUT2D eigenvalue weighted by atomic mass is 19.2. The number of piperazine rings is 1. The summed E-state index contributed by atoms with van der Waals surface area (Å²) in [4.78, 5) is 25.5. The van der Waals surface area contributed by atoms with Gasteiger partial charge >= 0.3 is 0 Å². The average Bonchev–Trinajstić information content (AvgIpc) is 2.46. The molecule has 2 rings (SSSR count). The molecule has 2 amide bonds. The normalized spacial score (nSPS) is 20.4. The van der Waals surface area contributed by atoms with Crippen molar-refractivity contribution in [1.82, 2.24) is 10.2 Å². The number of rotatable bonds is 4. The van der Waals surface area contributed by atoms with Gasteiger partial charge in [0.25, 0.3) is 0 Å². The lowest BCUT2D eigenvalue weighted by Crippen LogP contribution is -2.60. The van der Waals surface area contributed by atoms with Gasteiger partial charge in [0.2, 0.25) is 11.8 Å². The van der Waals surface area contributed by atoms with E-state index in [9.17, 15) is 18.4 Å². The maximum absolute atomic E-state index is 13.3. The lowest BCUT2D eigenvalue weighted by Gasteiger charge is -2.38. The SMILES string of the molecule is CCC(C)C1C(=O)NCC(=O)N1Cc1ccc(F)c(F)c1. The van der Waals surface area contributed by atoms with Gasteiger partial charge in [-0.1, -0.05) is 26.3 Å². The van der Waals surface area contributed by atoms with Gasteiger partial charge in [-0.2, -0.15) is 0 Å². The molecule has 1 aliphatic rings. The van der Waals surface area contributed by atoms with Crippen LogP contribution in [0.15, 0.2) is 18.2 Å². The summed E-state index contributed by atoms with van der Waals surface area (Å²) in [5, 5.41) is 2.57. The Morgan fingerprint density at radius 2 is 2.05 bits per heavy atom. The summed E-state index contributed by atoms with van der Waals surface area (Å²) in [6, 6.07) is 2.93. The van der Waals surface area contributed by atoms with E-state index < -0.39 is 17.7 Å². The standard InChI is InChI=1S/C15H18F2N2O2/c1-3-9(2)14-15(21)18-7-13(20)19(14)8-10-4-5-11(16)12(17)6-10/h4-6,9,14H,3,7-8H2,1-2H3,(H,18,21). The quantitative estimate of drug-likeness (QED) is 0.921. The number of hydrogen-bond acceptors (Lipinski definition) is 2. The highest BCUT2D eigenvalue weighted by molar-refractivity contribution is 5.94. The molecule has 0 aliphatic carbocycles. The van der Waals surface area contributed by atoms with Crippen LogP contribution in [0.2, 0.25) is 0 Å². The second-order valence-corrected chi connectivity index (χ2v) is 5.32. The van der Waals surface area contributed by atoms with Gasteiger partial charge in [-0.15, -0.1) is 0 Å². The first kappa shape index (κ1) is 15.4. The molecule has 21 heavy (non-hydrogen) atoms. The van der Waals surface area contributed by atoms with E-state index in [4.69, 9.17) is 0 Å². The highest BCUT2D eigenvalue weighted by Crippen LogP contribution is 2.21. The van der Waals surface area contributed by atoms with Crippen LogP contribution in [0.5, 0.6) is 0 Å². The molecule has 1 aromatic rings.